The van der Waals surface area contributed by atoms with Crippen molar-refractivity contribution in [2.24, 2.45) is 0 Å². The van der Waals surface area contributed by atoms with Gasteiger partial charge in [-0.1, -0.05) is 223 Å². The van der Waals surface area contributed by atoms with Gasteiger partial charge in [-0.25, -0.2) is 0 Å². The van der Waals surface area contributed by atoms with Crippen LogP contribution in [-0.2, 0) is 0 Å². The third-order valence-corrected chi connectivity index (χ3v) is 19.1. The fourth-order valence-corrected chi connectivity index (χ4v) is 13.7. The van der Waals surface area contributed by atoms with Crippen molar-refractivity contribution in [1.29, 1.82) is 0 Å². The highest BCUT2D eigenvalue weighted by atomic mass is 31.2. The molecule has 10 aromatic carbocycles. The molecule has 102 heavy (non-hydrogen) atoms. The summed E-state index contributed by atoms with van der Waals surface area (Å²) in [6, 6.07) is 61.9. The first-order valence-corrected chi connectivity index (χ1v) is 36.2. The van der Waals surface area contributed by atoms with Gasteiger partial charge in [-0.15, -0.1) is 0 Å². The molecule has 0 bridgehead atoms. The van der Waals surface area contributed by atoms with Gasteiger partial charge in [0.05, 0.1) is 25.3 Å². The Balaban J connectivity index is 1.34. The Morgan fingerprint density at radius 3 is 0.569 bits per heavy atom. The van der Waals surface area contributed by atoms with E-state index in [4.69, 9.17) is 63.8 Å². The van der Waals surface area contributed by atoms with Crippen LogP contribution in [0, 0.1) is 0 Å². The van der Waals surface area contributed by atoms with Gasteiger partial charge in [-0.2, -0.15) is 0 Å². The van der Waals surface area contributed by atoms with Crippen LogP contribution in [0.3, 0.4) is 0 Å². The molecule has 0 spiro atoms. The van der Waals surface area contributed by atoms with Crippen LogP contribution >= 0.6 is 34.4 Å². The lowest BCUT2D eigenvalue weighted by Gasteiger charge is -2.28. The molecule has 10 rings (SSSR count). The van der Waals surface area contributed by atoms with E-state index in [1.54, 1.807) is 158 Å². The van der Waals surface area contributed by atoms with Crippen LogP contribution in [0.4, 0.5) is 0 Å². The molecule has 0 saturated heterocycles. The van der Waals surface area contributed by atoms with Gasteiger partial charge in [0.15, 0.2) is 23.0 Å². The van der Waals surface area contributed by atoms with E-state index in [2.05, 4.69) is 52.6 Å². The highest BCUT2D eigenvalue weighted by Crippen LogP contribution is 2.64. The Morgan fingerprint density at radius 2 is 0.412 bits per heavy atom. The zero-order valence-electron chi connectivity index (χ0n) is 56.7. The molecule has 0 N–H and O–H groups in total. The van der Waals surface area contributed by atoms with Gasteiger partial charge >= 0.3 is 34.4 Å². The minimum absolute atomic E-state index is 0.0315. The molecule has 14 nitrogen and oxygen atoms in total. The Labute approximate surface area is 601 Å². The summed E-state index contributed by atoms with van der Waals surface area (Å²) >= 11 is 0. The van der Waals surface area contributed by atoms with Gasteiger partial charge < -0.3 is 63.8 Å². The Kier molecular flexibility index (Phi) is 26.3. The smallest absolute Gasteiger partial charge is 0.492 e. The summed E-state index contributed by atoms with van der Waals surface area (Å²) in [6.45, 7) is 35.6. The highest BCUT2D eigenvalue weighted by molar-refractivity contribution is 7.44. The molecule has 18 heteroatoms. The van der Waals surface area contributed by atoms with Crippen LogP contribution in [0.25, 0.3) is 71.9 Å². The lowest BCUT2D eigenvalue weighted by Crippen LogP contribution is -2.10. The normalized spacial score (nSPS) is 10.9. The van der Waals surface area contributed by atoms with Crippen molar-refractivity contribution in [3.63, 3.8) is 0 Å². The van der Waals surface area contributed by atoms with Crippen molar-refractivity contribution in [2.45, 2.75) is 13.8 Å². The van der Waals surface area contributed by atoms with Crippen molar-refractivity contribution < 1.29 is 63.8 Å². The number of hydrogen-bond acceptors (Lipinski definition) is 14. The maximum Gasteiger partial charge on any atom is 0.530 e. The molecule has 514 valence electrons. The minimum Gasteiger partial charge on any atom is -0.492 e. The fourth-order valence-electron chi connectivity index (χ4n) is 9.63. The Morgan fingerprint density at radius 1 is 0.235 bits per heavy atom. The summed E-state index contributed by atoms with van der Waals surface area (Å²) in [4.78, 5) is 0. The zero-order valence-corrected chi connectivity index (χ0v) is 60.3. The molecule has 0 aliphatic carbocycles. The maximum atomic E-state index is 7.52. The van der Waals surface area contributed by atoms with Gasteiger partial charge in [-0.05, 0) is 168 Å². The molecule has 0 aliphatic rings. The molecule has 0 atom stereocenters. The zero-order chi connectivity index (χ0) is 71.7. The molecule has 0 fully saturated rings. The summed E-state index contributed by atoms with van der Waals surface area (Å²) in [5.41, 5.74) is 7.75. The number of hydrogen-bond donors (Lipinski definition) is 0. The third kappa shape index (κ3) is 19.5. The lowest BCUT2D eigenvalue weighted by atomic mass is 9.96. The minimum atomic E-state index is -2.64. The van der Waals surface area contributed by atoms with Crippen molar-refractivity contribution in [2.75, 3.05) is 14.2 Å². The van der Waals surface area contributed by atoms with Crippen molar-refractivity contribution in [1.82, 2.24) is 0 Å². The average Bonchev–Trinajstić information content (AvgIpc) is 0.740. The summed E-state index contributed by atoms with van der Waals surface area (Å²) < 4.78 is 98.3. The van der Waals surface area contributed by atoms with E-state index in [1.165, 1.54) is 14.2 Å². The maximum absolute atomic E-state index is 7.52. The van der Waals surface area contributed by atoms with Crippen LogP contribution in [-0.4, -0.2) is 14.2 Å². The molecule has 10 aromatic rings. The van der Waals surface area contributed by atoms with E-state index in [0.29, 0.717) is 57.1 Å². The second kappa shape index (κ2) is 36.6. The van der Waals surface area contributed by atoms with Crippen molar-refractivity contribution in [3.05, 3.63) is 327 Å². The fraction of sp³-hybridized carbons (Fsp3) is 0.0476. The molecule has 0 unspecified atom stereocenters. The number of rotatable bonds is 37. The van der Waals surface area contributed by atoms with Crippen LogP contribution < -0.4 is 63.8 Å². The Bertz CT molecular complexity index is 4090. The summed E-state index contributed by atoms with van der Waals surface area (Å²) in [6.07, 6.45) is 21.2. The number of ether oxygens (including phenoxy) is 2. The first kappa shape index (κ1) is 73.2. The summed E-state index contributed by atoms with van der Waals surface area (Å²) in [7, 11) is -7.45. The second-order valence-electron chi connectivity index (χ2n) is 21.6. The topological polar surface area (TPSA) is 129 Å². The molecular formula is C84H74O14P4. The first-order chi connectivity index (χ1) is 49.9. The van der Waals surface area contributed by atoms with Crippen LogP contribution in [0.2, 0.25) is 0 Å². The van der Waals surface area contributed by atoms with E-state index < -0.39 is 34.4 Å². The molecule has 0 aromatic heterocycles. The molecule has 0 heterocycles. The largest absolute Gasteiger partial charge is 0.530 e. The van der Waals surface area contributed by atoms with E-state index in [-0.39, 0.29) is 45.6 Å². The van der Waals surface area contributed by atoms with Crippen LogP contribution in [0.15, 0.2) is 271 Å². The molecule has 0 amide bonds. The van der Waals surface area contributed by atoms with Gasteiger partial charge in [0.1, 0.15) is 57.5 Å². The highest BCUT2D eigenvalue weighted by Gasteiger charge is 2.39. The van der Waals surface area contributed by atoms with Crippen LogP contribution in [0.5, 0.6) is 80.5 Å². The van der Waals surface area contributed by atoms with Crippen molar-refractivity contribution >= 4 is 95.2 Å². The summed E-state index contributed by atoms with van der Waals surface area (Å²) in [5, 5.41) is 0. The second-order valence-corrected chi connectivity index (χ2v) is 25.6. The average molecular weight is 1430 g/mol. The molecule has 0 radical (unpaired) electrons. The van der Waals surface area contributed by atoms with E-state index in [1.807, 2.05) is 135 Å². The van der Waals surface area contributed by atoms with Gasteiger partial charge in [0.25, 0.3) is 0 Å². The molecule has 0 saturated carbocycles. The number of benzene rings is 10. The quantitative estimate of drug-likeness (QED) is 0.0343. The lowest BCUT2D eigenvalue weighted by molar-refractivity contribution is 0.353. The van der Waals surface area contributed by atoms with Crippen molar-refractivity contribution in [3.8, 4) is 91.6 Å². The SMILES string of the molecule is C=Cc1ccc(OP(Oc2ccc(C=C)cc2)Oc2cc(/C=C/C)c(OC)c(OP(Oc3ccc(C=C)cc3)Oc3ccc(C=C)cc3)c2-c2c(OP(Oc3ccc(C=C)cc3)Oc3ccc(C=C)cc3)cc(/C=C/C)c(OC)c2OP(Oc2ccc(C=C)cc2)Oc2ccc(C=C)cc2)cc1. The predicted molar refractivity (Wildman–Crippen MR) is 422 cm³/mol. The Hall–Kier alpha value is -11.5. The van der Waals surface area contributed by atoms with Gasteiger partial charge in [-0.3, -0.25) is 0 Å². The predicted octanol–water partition coefficient (Wildman–Crippen LogP) is 25.6. The van der Waals surface area contributed by atoms with E-state index in [9.17, 15) is 0 Å². The van der Waals surface area contributed by atoms with Crippen LogP contribution in [0.1, 0.15) is 69.5 Å². The van der Waals surface area contributed by atoms with Gasteiger partial charge in [0, 0.05) is 11.1 Å². The first-order valence-electron chi connectivity index (χ1n) is 31.8. The van der Waals surface area contributed by atoms with Gasteiger partial charge in [0.2, 0.25) is 0 Å². The van der Waals surface area contributed by atoms with E-state index >= 15 is 0 Å². The molecule has 0 aliphatic heterocycles. The third-order valence-electron chi connectivity index (χ3n) is 14.9. The number of allylic oxidation sites excluding steroid dienone is 2. The molecular weight excluding hydrogens is 1360 g/mol. The van der Waals surface area contributed by atoms with E-state index in [0.717, 1.165) is 44.5 Å². The standard InChI is InChI=1S/C84H74O14P4/c1-13-23-67-57-77(95-99(87-69-41-25-59(15-3)26-42-69)88-70-43-27-60(16-4)28-44-70)79(83(81(67)85-11)97-101(91-73-49-33-63(19-7)34-50-73)92-74-51-35-64(20-8)36-52-74)80-78(96-100(89-71-45-29-61(17-5)30-46-71)90-72-47-31-62(18-6)32-48-72)58-68(24-14-2)82(86-12)84(80)98-102(93-75-53-37-65(21-9)38-54-75)94-76-55-39-66(22-10)40-56-76/h13-58H,3-10H2,1-2,11-12H3/b23-13+,24-14+. The number of methoxy groups -OCH3 is 2. The summed E-state index contributed by atoms with van der Waals surface area (Å²) in [5.74, 6) is 3.33. The monoisotopic (exact) mass is 1430 g/mol.